The maximum absolute atomic E-state index is 11.4. The molecule has 0 bridgehead atoms. The van der Waals surface area contributed by atoms with Gasteiger partial charge in [-0.15, -0.1) is 0 Å². The molecule has 0 fully saturated rings. The van der Waals surface area contributed by atoms with Crippen LogP contribution in [0.3, 0.4) is 0 Å². The van der Waals surface area contributed by atoms with Gasteiger partial charge in [0, 0.05) is 30.9 Å². The fraction of sp³-hybridized carbons (Fsp3) is 0.533. The molecule has 1 aromatic carbocycles. The van der Waals surface area contributed by atoms with Gasteiger partial charge < -0.3 is 10.0 Å². The fourth-order valence-electron chi connectivity index (χ4n) is 2.52. The molecule has 0 radical (unpaired) electrons. The quantitative estimate of drug-likeness (QED) is 0.830. The van der Waals surface area contributed by atoms with Gasteiger partial charge >= 0.3 is 0 Å². The second-order valence-corrected chi connectivity index (χ2v) is 5.24. The lowest BCUT2D eigenvalue weighted by Gasteiger charge is -2.33. The van der Waals surface area contributed by atoms with E-state index >= 15 is 0 Å². The lowest BCUT2D eigenvalue weighted by Crippen LogP contribution is -2.34. The Hall–Kier alpha value is -1.35. The molecule has 1 atom stereocenters. The van der Waals surface area contributed by atoms with Crippen molar-refractivity contribution in [3.8, 4) is 0 Å². The molecule has 3 nitrogen and oxygen atoms in total. The van der Waals surface area contributed by atoms with Crippen LogP contribution in [0.1, 0.15) is 36.2 Å². The predicted octanol–water partition coefficient (Wildman–Crippen LogP) is 2.27. The summed E-state index contributed by atoms with van der Waals surface area (Å²) in [5, 5.41) is 9.16. The number of ketones is 1. The summed E-state index contributed by atoms with van der Waals surface area (Å²) in [5.41, 5.74) is 3.29. The molecule has 0 spiro atoms. The van der Waals surface area contributed by atoms with Gasteiger partial charge in [0.2, 0.25) is 0 Å². The van der Waals surface area contributed by atoms with Gasteiger partial charge in [-0.25, -0.2) is 0 Å². The van der Waals surface area contributed by atoms with Crippen LogP contribution in [0.4, 0.5) is 5.69 Å². The number of Topliss-reactive ketones (excluding diaryl/α,β-unsaturated/α-hetero) is 1. The number of carbonyl (C=O) groups excluding carboxylic acids is 1. The first kappa shape index (κ1) is 13.1. The van der Waals surface area contributed by atoms with Crippen LogP contribution < -0.4 is 4.90 Å². The molecule has 1 aromatic rings. The average molecular weight is 247 g/mol. The van der Waals surface area contributed by atoms with Crippen molar-refractivity contribution in [2.24, 2.45) is 5.92 Å². The van der Waals surface area contributed by atoms with Crippen molar-refractivity contribution in [1.82, 2.24) is 0 Å². The Morgan fingerprint density at radius 1 is 1.50 bits per heavy atom. The van der Waals surface area contributed by atoms with Gasteiger partial charge in [0.1, 0.15) is 0 Å². The highest BCUT2D eigenvalue weighted by Gasteiger charge is 2.19. The van der Waals surface area contributed by atoms with E-state index in [-0.39, 0.29) is 18.3 Å². The van der Waals surface area contributed by atoms with Gasteiger partial charge in [0.05, 0.1) is 0 Å². The Labute approximate surface area is 108 Å². The van der Waals surface area contributed by atoms with Gasteiger partial charge in [0.25, 0.3) is 0 Å². The predicted molar refractivity (Wildman–Crippen MR) is 73.2 cm³/mol. The van der Waals surface area contributed by atoms with Crippen LogP contribution in [0.15, 0.2) is 18.2 Å². The number of aliphatic hydroxyl groups excluding tert-OH is 1. The number of aryl methyl sites for hydroxylation is 1. The maximum Gasteiger partial charge on any atom is 0.159 e. The van der Waals surface area contributed by atoms with Gasteiger partial charge in [-0.2, -0.15) is 0 Å². The normalized spacial score (nSPS) is 16.3. The van der Waals surface area contributed by atoms with E-state index in [0.717, 1.165) is 31.5 Å². The standard InChI is InChI=1S/C15H21NO2/c1-11(10-17)9-16-7-3-4-14-8-13(12(2)18)5-6-15(14)16/h5-6,8,11,17H,3-4,7,9-10H2,1-2H3. The molecule has 1 N–H and O–H groups in total. The van der Waals surface area contributed by atoms with Crippen molar-refractivity contribution >= 4 is 11.5 Å². The van der Waals surface area contributed by atoms with Gasteiger partial charge in [0.15, 0.2) is 5.78 Å². The summed E-state index contributed by atoms with van der Waals surface area (Å²) >= 11 is 0. The molecular formula is C15H21NO2. The minimum Gasteiger partial charge on any atom is -0.396 e. The average Bonchev–Trinajstić information content (AvgIpc) is 2.38. The number of nitrogens with zero attached hydrogens (tertiary/aromatic N) is 1. The molecule has 1 heterocycles. The number of hydrogen-bond acceptors (Lipinski definition) is 3. The number of anilines is 1. The molecule has 1 aliphatic heterocycles. The topological polar surface area (TPSA) is 40.5 Å². The lowest BCUT2D eigenvalue weighted by atomic mass is 9.97. The zero-order valence-electron chi connectivity index (χ0n) is 11.1. The fourth-order valence-corrected chi connectivity index (χ4v) is 2.52. The van der Waals surface area contributed by atoms with Crippen LogP contribution in [-0.2, 0) is 6.42 Å². The van der Waals surface area contributed by atoms with Crippen LogP contribution in [0.5, 0.6) is 0 Å². The molecule has 0 saturated carbocycles. The van der Waals surface area contributed by atoms with Gasteiger partial charge in [-0.05, 0) is 49.4 Å². The Kier molecular flexibility index (Phi) is 4.02. The molecular weight excluding hydrogens is 226 g/mol. The summed E-state index contributed by atoms with van der Waals surface area (Å²) in [7, 11) is 0. The molecule has 0 aromatic heterocycles. The van der Waals surface area contributed by atoms with E-state index in [1.54, 1.807) is 6.92 Å². The minimum absolute atomic E-state index is 0.124. The zero-order chi connectivity index (χ0) is 13.1. The number of aliphatic hydroxyl groups is 1. The third-order valence-electron chi connectivity index (χ3n) is 3.54. The summed E-state index contributed by atoms with van der Waals surface area (Å²) in [5.74, 6) is 0.405. The summed E-state index contributed by atoms with van der Waals surface area (Å²) in [6.07, 6.45) is 2.16. The van der Waals surface area contributed by atoms with Crippen LogP contribution in [0.25, 0.3) is 0 Å². The molecule has 18 heavy (non-hydrogen) atoms. The second-order valence-electron chi connectivity index (χ2n) is 5.24. The van der Waals surface area contributed by atoms with Crippen LogP contribution in [-0.4, -0.2) is 30.6 Å². The van der Waals surface area contributed by atoms with Crippen LogP contribution >= 0.6 is 0 Å². The van der Waals surface area contributed by atoms with Crippen molar-refractivity contribution in [2.45, 2.75) is 26.7 Å². The number of benzene rings is 1. The van der Waals surface area contributed by atoms with Crippen molar-refractivity contribution in [3.63, 3.8) is 0 Å². The molecule has 3 heteroatoms. The van der Waals surface area contributed by atoms with Crippen LogP contribution in [0.2, 0.25) is 0 Å². The molecule has 0 amide bonds. The monoisotopic (exact) mass is 247 g/mol. The second kappa shape index (κ2) is 5.53. The molecule has 1 unspecified atom stereocenters. The van der Waals surface area contributed by atoms with E-state index in [2.05, 4.69) is 17.9 Å². The van der Waals surface area contributed by atoms with E-state index < -0.39 is 0 Å². The van der Waals surface area contributed by atoms with E-state index in [1.165, 1.54) is 11.3 Å². The van der Waals surface area contributed by atoms with E-state index in [4.69, 9.17) is 5.11 Å². The maximum atomic E-state index is 11.4. The first-order valence-electron chi connectivity index (χ1n) is 6.61. The Morgan fingerprint density at radius 2 is 2.28 bits per heavy atom. The van der Waals surface area contributed by atoms with E-state index in [1.807, 2.05) is 12.1 Å². The molecule has 2 rings (SSSR count). The van der Waals surface area contributed by atoms with Crippen molar-refractivity contribution in [1.29, 1.82) is 0 Å². The smallest absolute Gasteiger partial charge is 0.159 e. The summed E-state index contributed by atoms with van der Waals surface area (Å²) < 4.78 is 0. The third kappa shape index (κ3) is 2.72. The minimum atomic E-state index is 0.124. The Bertz CT molecular complexity index is 442. The molecule has 0 aliphatic carbocycles. The summed E-state index contributed by atoms with van der Waals surface area (Å²) in [4.78, 5) is 13.7. The van der Waals surface area contributed by atoms with Crippen molar-refractivity contribution < 1.29 is 9.90 Å². The third-order valence-corrected chi connectivity index (χ3v) is 3.54. The number of hydrogen-bond donors (Lipinski definition) is 1. The number of rotatable bonds is 4. The molecule has 0 saturated heterocycles. The zero-order valence-corrected chi connectivity index (χ0v) is 11.1. The highest BCUT2D eigenvalue weighted by atomic mass is 16.3. The van der Waals surface area contributed by atoms with E-state index in [9.17, 15) is 4.79 Å². The van der Waals surface area contributed by atoms with Crippen molar-refractivity contribution in [2.75, 3.05) is 24.6 Å². The Balaban J connectivity index is 2.24. The first-order valence-corrected chi connectivity index (χ1v) is 6.61. The number of fused-ring (bicyclic) bond motifs is 1. The SMILES string of the molecule is CC(=O)c1ccc2c(c1)CCCN2CC(C)CO. The van der Waals surface area contributed by atoms with Gasteiger partial charge in [-0.3, -0.25) is 4.79 Å². The summed E-state index contributed by atoms with van der Waals surface area (Å²) in [6, 6.07) is 5.98. The molecule has 98 valence electrons. The highest BCUT2D eigenvalue weighted by Crippen LogP contribution is 2.28. The van der Waals surface area contributed by atoms with Gasteiger partial charge in [-0.1, -0.05) is 6.92 Å². The van der Waals surface area contributed by atoms with Crippen molar-refractivity contribution in [3.05, 3.63) is 29.3 Å². The molecule has 1 aliphatic rings. The van der Waals surface area contributed by atoms with Crippen LogP contribution in [0, 0.1) is 5.92 Å². The Morgan fingerprint density at radius 3 is 2.94 bits per heavy atom. The lowest BCUT2D eigenvalue weighted by molar-refractivity contribution is 0.101. The summed E-state index contributed by atoms with van der Waals surface area (Å²) in [6.45, 7) is 5.80. The van der Waals surface area contributed by atoms with E-state index in [0.29, 0.717) is 0 Å². The first-order chi connectivity index (χ1) is 8.61. The number of carbonyl (C=O) groups is 1. The highest BCUT2D eigenvalue weighted by molar-refractivity contribution is 5.94. The largest absolute Gasteiger partial charge is 0.396 e.